The number of aliphatic hydroxyl groups excluding tert-OH is 1. The van der Waals surface area contributed by atoms with E-state index < -0.39 is 6.10 Å². The maximum Gasteiger partial charge on any atom is 0.0937 e. The molecular weight excluding hydrogens is 300 g/mol. The number of aliphatic hydroxyl groups is 1. The van der Waals surface area contributed by atoms with Crippen LogP contribution in [0.2, 0.25) is 0 Å². The molecule has 3 heteroatoms. The van der Waals surface area contributed by atoms with Gasteiger partial charge in [0.25, 0.3) is 0 Å². The highest BCUT2D eigenvalue weighted by Gasteiger charge is 2.02. The molecule has 0 aliphatic rings. The fourth-order valence-corrected chi connectivity index (χ4v) is 2.54. The molecule has 0 radical (unpaired) electrons. The van der Waals surface area contributed by atoms with Crippen molar-refractivity contribution in [3.8, 4) is 0 Å². The quantitative estimate of drug-likeness (QED) is 0.506. The van der Waals surface area contributed by atoms with Crippen LogP contribution in [0.1, 0.15) is 37.8 Å². The molecule has 2 rings (SSSR count). The number of hydrogen-bond acceptors (Lipinski definition) is 3. The van der Waals surface area contributed by atoms with Crippen LogP contribution >= 0.6 is 0 Å². The molecule has 0 amide bonds. The Labute approximate surface area is 144 Å². The van der Waals surface area contributed by atoms with Gasteiger partial charge in [0, 0.05) is 0 Å². The molecule has 2 aromatic heterocycles. The molecular formula is C21H26O3. The third-order valence-corrected chi connectivity index (χ3v) is 3.81. The highest BCUT2D eigenvalue weighted by molar-refractivity contribution is 5.21. The van der Waals surface area contributed by atoms with Crippen LogP contribution in [0.4, 0.5) is 0 Å². The SMILES string of the molecule is CC(/C=C/Cc1ccoc1)=C\C(O)C/C(C)=C/CCc1ccoc1. The minimum atomic E-state index is -0.450. The monoisotopic (exact) mass is 326 g/mol. The topological polar surface area (TPSA) is 46.5 Å². The molecule has 0 aliphatic carbocycles. The first-order valence-electron chi connectivity index (χ1n) is 8.34. The smallest absolute Gasteiger partial charge is 0.0937 e. The molecule has 0 saturated carbocycles. The summed E-state index contributed by atoms with van der Waals surface area (Å²) in [5.74, 6) is 0. The predicted octanol–water partition coefficient (Wildman–Crippen LogP) is 5.25. The van der Waals surface area contributed by atoms with Crippen LogP contribution < -0.4 is 0 Å². The molecule has 0 aliphatic heterocycles. The lowest BCUT2D eigenvalue weighted by Gasteiger charge is -2.07. The second kappa shape index (κ2) is 9.78. The van der Waals surface area contributed by atoms with E-state index in [4.69, 9.17) is 8.83 Å². The minimum Gasteiger partial charge on any atom is -0.472 e. The number of hydrogen-bond donors (Lipinski definition) is 1. The third-order valence-electron chi connectivity index (χ3n) is 3.81. The standard InChI is InChI=1S/C21H26O3/c1-17(5-3-7-19-9-11-23-15-19)13-21(22)14-18(2)6-4-8-20-10-12-24-16-20/h3,5-6,9-13,15-16,21-22H,4,7-8,14H2,1-2H3/b5-3+,17-13+,18-6+. The summed E-state index contributed by atoms with van der Waals surface area (Å²) in [6.45, 7) is 4.07. The fourth-order valence-electron chi connectivity index (χ4n) is 2.54. The lowest BCUT2D eigenvalue weighted by Crippen LogP contribution is -2.03. The molecule has 2 aromatic rings. The van der Waals surface area contributed by atoms with Crippen LogP contribution in [0.5, 0.6) is 0 Å². The molecule has 0 spiro atoms. The van der Waals surface area contributed by atoms with Gasteiger partial charge in [0.05, 0.1) is 31.2 Å². The molecule has 0 fully saturated rings. The molecule has 1 atom stereocenters. The van der Waals surface area contributed by atoms with Crippen molar-refractivity contribution in [1.82, 2.24) is 0 Å². The highest BCUT2D eigenvalue weighted by atomic mass is 16.3. The van der Waals surface area contributed by atoms with Crippen molar-refractivity contribution in [2.24, 2.45) is 0 Å². The van der Waals surface area contributed by atoms with Gasteiger partial charge in [-0.3, -0.25) is 0 Å². The van der Waals surface area contributed by atoms with E-state index in [9.17, 15) is 5.11 Å². The van der Waals surface area contributed by atoms with Gasteiger partial charge in [0.15, 0.2) is 0 Å². The van der Waals surface area contributed by atoms with Gasteiger partial charge >= 0.3 is 0 Å². The maximum absolute atomic E-state index is 10.2. The van der Waals surface area contributed by atoms with Crippen molar-refractivity contribution in [3.63, 3.8) is 0 Å². The minimum absolute atomic E-state index is 0.450. The Morgan fingerprint density at radius 2 is 1.83 bits per heavy atom. The van der Waals surface area contributed by atoms with Gasteiger partial charge in [-0.2, -0.15) is 0 Å². The molecule has 2 heterocycles. The van der Waals surface area contributed by atoms with Crippen LogP contribution in [0.15, 0.2) is 81.5 Å². The molecule has 0 aromatic carbocycles. The molecule has 128 valence electrons. The summed E-state index contributed by atoms with van der Waals surface area (Å²) < 4.78 is 10.1. The second-order valence-electron chi connectivity index (χ2n) is 6.14. The summed E-state index contributed by atoms with van der Waals surface area (Å²) >= 11 is 0. The van der Waals surface area contributed by atoms with Gasteiger partial charge in [-0.1, -0.05) is 35.5 Å². The van der Waals surface area contributed by atoms with Gasteiger partial charge in [-0.05, 0) is 62.8 Å². The summed E-state index contributed by atoms with van der Waals surface area (Å²) in [5, 5.41) is 10.2. The molecule has 1 unspecified atom stereocenters. The van der Waals surface area contributed by atoms with Gasteiger partial charge in [0.1, 0.15) is 0 Å². The number of furan rings is 2. The number of aryl methyl sites for hydroxylation is 1. The van der Waals surface area contributed by atoms with Gasteiger partial charge in [0.2, 0.25) is 0 Å². The van der Waals surface area contributed by atoms with Gasteiger partial charge in [-0.25, -0.2) is 0 Å². The van der Waals surface area contributed by atoms with E-state index in [1.807, 2.05) is 31.2 Å². The van der Waals surface area contributed by atoms with Crippen molar-refractivity contribution in [2.75, 3.05) is 0 Å². The molecule has 24 heavy (non-hydrogen) atoms. The Kier molecular flexibility index (Phi) is 7.37. The average molecular weight is 326 g/mol. The molecule has 0 bridgehead atoms. The molecule has 0 saturated heterocycles. The predicted molar refractivity (Wildman–Crippen MR) is 96.7 cm³/mol. The molecule has 1 N–H and O–H groups in total. The fraction of sp³-hybridized carbons (Fsp3) is 0.333. The Balaban J connectivity index is 1.73. The van der Waals surface area contributed by atoms with E-state index in [-0.39, 0.29) is 0 Å². The van der Waals surface area contributed by atoms with E-state index in [1.165, 1.54) is 11.1 Å². The Bertz CT molecular complexity index is 658. The van der Waals surface area contributed by atoms with Crippen LogP contribution in [-0.4, -0.2) is 11.2 Å². The van der Waals surface area contributed by atoms with E-state index in [0.717, 1.165) is 30.4 Å². The van der Waals surface area contributed by atoms with Crippen molar-refractivity contribution < 1.29 is 13.9 Å². The first-order valence-corrected chi connectivity index (χ1v) is 8.34. The average Bonchev–Trinajstić information content (AvgIpc) is 3.20. The van der Waals surface area contributed by atoms with Crippen molar-refractivity contribution in [2.45, 2.75) is 45.6 Å². The van der Waals surface area contributed by atoms with Crippen LogP contribution in [-0.2, 0) is 12.8 Å². The van der Waals surface area contributed by atoms with E-state index in [1.54, 1.807) is 25.1 Å². The lowest BCUT2D eigenvalue weighted by atomic mass is 10.0. The van der Waals surface area contributed by atoms with Crippen molar-refractivity contribution >= 4 is 0 Å². The summed E-state index contributed by atoms with van der Waals surface area (Å²) in [6, 6.07) is 3.94. The van der Waals surface area contributed by atoms with E-state index in [0.29, 0.717) is 6.42 Å². The van der Waals surface area contributed by atoms with Crippen molar-refractivity contribution in [1.29, 1.82) is 0 Å². The Hall–Kier alpha value is -2.26. The van der Waals surface area contributed by atoms with Crippen molar-refractivity contribution in [3.05, 3.63) is 83.8 Å². The summed E-state index contributed by atoms with van der Waals surface area (Å²) in [5.41, 5.74) is 4.63. The van der Waals surface area contributed by atoms with E-state index >= 15 is 0 Å². The second-order valence-corrected chi connectivity index (χ2v) is 6.14. The highest BCUT2D eigenvalue weighted by Crippen LogP contribution is 2.12. The number of allylic oxidation sites excluding steroid dienone is 4. The zero-order chi connectivity index (χ0) is 17.2. The van der Waals surface area contributed by atoms with Crippen LogP contribution in [0, 0.1) is 0 Å². The lowest BCUT2D eigenvalue weighted by molar-refractivity contribution is 0.223. The van der Waals surface area contributed by atoms with Crippen LogP contribution in [0.3, 0.4) is 0 Å². The first-order chi connectivity index (χ1) is 11.6. The first kappa shape index (κ1) is 18.1. The summed E-state index contributed by atoms with van der Waals surface area (Å²) in [4.78, 5) is 0. The maximum atomic E-state index is 10.2. The molecule has 3 nitrogen and oxygen atoms in total. The Morgan fingerprint density at radius 3 is 2.50 bits per heavy atom. The Morgan fingerprint density at radius 1 is 1.12 bits per heavy atom. The summed E-state index contributed by atoms with van der Waals surface area (Å²) in [7, 11) is 0. The van der Waals surface area contributed by atoms with E-state index in [2.05, 4.69) is 19.1 Å². The zero-order valence-electron chi connectivity index (χ0n) is 14.4. The van der Waals surface area contributed by atoms with Crippen LogP contribution in [0.25, 0.3) is 0 Å². The third kappa shape index (κ3) is 6.88. The normalized spacial score (nSPS) is 14.5. The number of rotatable bonds is 9. The summed E-state index contributed by atoms with van der Waals surface area (Å²) in [6.07, 6.45) is 18.1. The largest absolute Gasteiger partial charge is 0.472 e. The van der Waals surface area contributed by atoms with Gasteiger partial charge in [-0.15, -0.1) is 0 Å². The van der Waals surface area contributed by atoms with Gasteiger partial charge < -0.3 is 13.9 Å². The zero-order valence-corrected chi connectivity index (χ0v) is 14.4.